The van der Waals surface area contributed by atoms with E-state index in [0.717, 1.165) is 16.5 Å². The average molecular weight is 304 g/mol. The number of amides is 1. The van der Waals surface area contributed by atoms with Crippen LogP contribution < -0.4 is 11.5 Å². The zero-order valence-corrected chi connectivity index (χ0v) is 12.0. The van der Waals surface area contributed by atoms with Gasteiger partial charge in [-0.2, -0.15) is 0 Å². The predicted octanol–water partition coefficient (Wildman–Crippen LogP) is 2.72. The molecule has 0 unspecified atom stereocenters. The largest absolute Gasteiger partial charge is 0.464 e. The van der Waals surface area contributed by atoms with Gasteiger partial charge in [-0.15, -0.1) is 0 Å². The van der Waals surface area contributed by atoms with Crippen molar-refractivity contribution in [3.05, 3.63) is 54.6 Å². The molecule has 0 spiro atoms. The number of aromatic nitrogens is 2. The Hall–Kier alpha value is -3.41. The summed E-state index contributed by atoms with van der Waals surface area (Å²) in [6.07, 6.45) is 3.27. The molecule has 0 radical (unpaired) electrons. The lowest BCUT2D eigenvalue weighted by atomic mass is 9.98. The van der Waals surface area contributed by atoms with E-state index >= 15 is 0 Å². The number of nitrogens with zero attached hydrogens (tertiary/aromatic N) is 2. The number of nitrogens with two attached hydrogens (primary N) is 2. The van der Waals surface area contributed by atoms with Gasteiger partial charge in [-0.3, -0.25) is 9.78 Å². The van der Waals surface area contributed by atoms with E-state index in [9.17, 15) is 4.79 Å². The Bertz CT molecular complexity index is 1070. The first-order chi connectivity index (χ1) is 11.2. The Labute approximate surface area is 130 Å². The summed E-state index contributed by atoms with van der Waals surface area (Å²) >= 11 is 0. The second kappa shape index (κ2) is 4.81. The molecule has 0 bridgehead atoms. The lowest BCUT2D eigenvalue weighted by Crippen LogP contribution is -2.16. The molecule has 0 aliphatic carbocycles. The first-order valence-corrected chi connectivity index (χ1v) is 6.97. The van der Waals surface area contributed by atoms with E-state index in [2.05, 4.69) is 9.97 Å². The number of nitrogen functional groups attached to an aromatic ring is 1. The zero-order chi connectivity index (χ0) is 16.0. The summed E-state index contributed by atoms with van der Waals surface area (Å²) < 4.78 is 5.44. The third kappa shape index (κ3) is 1.92. The first kappa shape index (κ1) is 13.3. The molecule has 112 valence electrons. The van der Waals surface area contributed by atoms with E-state index in [0.29, 0.717) is 16.6 Å². The number of rotatable bonds is 2. The van der Waals surface area contributed by atoms with Crippen molar-refractivity contribution in [3.63, 3.8) is 0 Å². The van der Waals surface area contributed by atoms with Crippen LogP contribution in [0.4, 0.5) is 5.69 Å². The fraction of sp³-hybridized carbons (Fsp3) is 0. The number of carbonyl (C=O) groups excluding carboxylic acids is 1. The smallest absolute Gasteiger partial charge is 0.269 e. The Kier molecular flexibility index (Phi) is 2.77. The van der Waals surface area contributed by atoms with Crippen LogP contribution in [0.5, 0.6) is 0 Å². The number of hydrogen-bond acceptors (Lipinski definition) is 5. The number of pyridine rings is 2. The van der Waals surface area contributed by atoms with Gasteiger partial charge in [0.1, 0.15) is 5.58 Å². The first-order valence-electron chi connectivity index (χ1n) is 6.97. The molecule has 6 nitrogen and oxygen atoms in total. The van der Waals surface area contributed by atoms with Gasteiger partial charge in [0.15, 0.2) is 5.69 Å². The van der Waals surface area contributed by atoms with Gasteiger partial charge in [0.25, 0.3) is 5.91 Å². The lowest BCUT2D eigenvalue weighted by molar-refractivity contribution is 0.0997. The van der Waals surface area contributed by atoms with Gasteiger partial charge < -0.3 is 15.9 Å². The monoisotopic (exact) mass is 304 g/mol. The molecule has 4 N–H and O–H groups in total. The highest BCUT2D eigenvalue weighted by Gasteiger charge is 2.20. The molecule has 6 heteroatoms. The third-order valence-electron chi connectivity index (χ3n) is 3.78. The summed E-state index contributed by atoms with van der Waals surface area (Å²) in [4.78, 5) is 20.3. The third-order valence-corrected chi connectivity index (χ3v) is 3.78. The van der Waals surface area contributed by atoms with Crippen LogP contribution in [0, 0.1) is 0 Å². The highest BCUT2D eigenvalue weighted by atomic mass is 16.3. The molecule has 4 rings (SSSR count). The van der Waals surface area contributed by atoms with Crippen molar-refractivity contribution in [2.24, 2.45) is 5.73 Å². The molecule has 0 aliphatic rings. The molecule has 3 aromatic heterocycles. The molecule has 0 fully saturated rings. The maximum atomic E-state index is 11.7. The van der Waals surface area contributed by atoms with Crippen LogP contribution in [-0.2, 0) is 0 Å². The van der Waals surface area contributed by atoms with E-state index < -0.39 is 5.91 Å². The molecule has 0 aliphatic heterocycles. The summed E-state index contributed by atoms with van der Waals surface area (Å²) in [6, 6.07) is 11.0. The maximum Gasteiger partial charge on any atom is 0.269 e. The normalized spacial score (nSPS) is 11.1. The average Bonchev–Trinajstić information content (AvgIpc) is 3.03. The minimum Gasteiger partial charge on any atom is -0.464 e. The number of anilines is 1. The number of carbonyl (C=O) groups is 1. The van der Waals surface area contributed by atoms with Gasteiger partial charge in [0.2, 0.25) is 0 Å². The number of benzene rings is 1. The van der Waals surface area contributed by atoms with Gasteiger partial charge >= 0.3 is 0 Å². The number of furan rings is 1. The van der Waals surface area contributed by atoms with Crippen molar-refractivity contribution in [2.45, 2.75) is 0 Å². The summed E-state index contributed by atoms with van der Waals surface area (Å²) in [5, 5.41) is 0.882. The number of hydrogen-bond donors (Lipinski definition) is 2. The summed E-state index contributed by atoms with van der Waals surface area (Å²) in [5.41, 5.74) is 15.3. The van der Waals surface area contributed by atoms with Crippen LogP contribution in [0.3, 0.4) is 0 Å². The minimum atomic E-state index is -0.672. The molecule has 3 heterocycles. The molecule has 0 saturated heterocycles. The highest BCUT2D eigenvalue weighted by molar-refractivity contribution is 6.11. The Morgan fingerprint density at radius 2 is 2.00 bits per heavy atom. The van der Waals surface area contributed by atoms with Gasteiger partial charge in [-0.05, 0) is 29.8 Å². The quantitative estimate of drug-likeness (QED) is 0.592. The molecular formula is C17H12N4O2. The standard InChI is InChI=1S/C17H12N4O2/c18-14-13(10-3-1-5-12-9(10)6-8-23-12)15-11(4-2-7-20-15)21-16(14)17(19)22/h1-8H,18H2,(H2,19,22). The zero-order valence-electron chi connectivity index (χ0n) is 12.0. The van der Waals surface area contributed by atoms with Crippen molar-refractivity contribution in [3.8, 4) is 11.1 Å². The molecule has 4 aromatic rings. The van der Waals surface area contributed by atoms with Crippen molar-refractivity contribution in [2.75, 3.05) is 5.73 Å². The fourth-order valence-electron chi connectivity index (χ4n) is 2.78. The van der Waals surface area contributed by atoms with Crippen molar-refractivity contribution >= 4 is 33.6 Å². The second-order valence-electron chi connectivity index (χ2n) is 5.12. The topological polar surface area (TPSA) is 108 Å². The fourth-order valence-corrected chi connectivity index (χ4v) is 2.78. The molecule has 1 aromatic carbocycles. The van der Waals surface area contributed by atoms with Crippen LogP contribution in [0.2, 0.25) is 0 Å². The van der Waals surface area contributed by atoms with Crippen LogP contribution in [0.25, 0.3) is 33.1 Å². The molecule has 1 amide bonds. The summed E-state index contributed by atoms with van der Waals surface area (Å²) in [5.74, 6) is -0.672. The highest BCUT2D eigenvalue weighted by Crippen LogP contribution is 2.38. The van der Waals surface area contributed by atoms with Crippen LogP contribution in [-0.4, -0.2) is 15.9 Å². The maximum absolute atomic E-state index is 11.7. The van der Waals surface area contributed by atoms with Crippen molar-refractivity contribution < 1.29 is 9.21 Å². The van der Waals surface area contributed by atoms with Crippen LogP contribution in [0.15, 0.2) is 53.3 Å². The number of primary amides is 1. The van der Waals surface area contributed by atoms with Gasteiger partial charge in [0.05, 0.1) is 23.0 Å². The summed E-state index contributed by atoms with van der Waals surface area (Å²) in [7, 11) is 0. The minimum absolute atomic E-state index is 0.0426. The number of fused-ring (bicyclic) bond motifs is 2. The molecular weight excluding hydrogens is 292 g/mol. The van der Waals surface area contributed by atoms with Gasteiger partial charge in [-0.25, -0.2) is 4.98 Å². The van der Waals surface area contributed by atoms with E-state index in [1.807, 2.05) is 24.3 Å². The predicted molar refractivity (Wildman–Crippen MR) is 87.7 cm³/mol. The van der Waals surface area contributed by atoms with Crippen LogP contribution >= 0.6 is 0 Å². The van der Waals surface area contributed by atoms with Gasteiger partial charge in [-0.1, -0.05) is 12.1 Å². The summed E-state index contributed by atoms with van der Waals surface area (Å²) in [6.45, 7) is 0. The Morgan fingerprint density at radius 1 is 1.13 bits per heavy atom. The van der Waals surface area contributed by atoms with E-state index in [4.69, 9.17) is 15.9 Å². The molecule has 23 heavy (non-hydrogen) atoms. The molecule has 0 saturated carbocycles. The van der Waals surface area contributed by atoms with Gasteiger partial charge in [0, 0.05) is 17.1 Å². The molecule has 0 atom stereocenters. The van der Waals surface area contributed by atoms with E-state index in [1.54, 1.807) is 24.6 Å². The van der Waals surface area contributed by atoms with Crippen molar-refractivity contribution in [1.82, 2.24) is 9.97 Å². The Balaban J connectivity index is 2.20. The van der Waals surface area contributed by atoms with E-state index in [1.165, 1.54) is 0 Å². The van der Waals surface area contributed by atoms with Crippen LogP contribution in [0.1, 0.15) is 10.5 Å². The van der Waals surface area contributed by atoms with Crippen molar-refractivity contribution in [1.29, 1.82) is 0 Å². The lowest BCUT2D eigenvalue weighted by Gasteiger charge is -2.12. The SMILES string of the molecule is NC(=O)c1nc2cccnc2c(-c2cccc3occc23)c1N. The Morgan fingerprint density at radius 3 is 2.83 bits per heavy atom. The van der Waals surface area contributed by atoms with E-state index in [-0.39, 0.29) is 11.4 Å². The second-order valence-corrected chi connectivity index (χ2v) is 5.12.